The second kappa shape index (κ2) is 5.79. The highest BCUT2D eigenvalue weighted by Crippen LogP contribution is 2.09. The Morgan fingerprint density at radius 3 is 3.06 bits per heavy atom. The summed E-state index contributed by atoms with van der Waals surface area (Å²) in [7, 11) is 0. The highest BCUT2D eigenvalue weighted by molar-refractivity contribution is 7.09. The molecular formula is C12H15N3O2S. The van der Waals surface area contributed by atoms with Crippen molar-refractivity contribution in [1.82, 2.24) is 10.5 Å². The van der Waals surface area contributed by atoms with Gasteiger partial charge >= 0.3 is 0 Å². The molecule has 0 fully saturated rings. The zero-order chi connectivity index (χ0) is 13.0. The number of carbonyl (C=O) groups excluding carboxylic acids is 1. The first-order valence-electron chi connectivity index (χ1n) is 5.65. The lowest BCUT2D eigenvalue weighted by atomic mass is 10.3. The number of hydrogen-bond donors (Lipinski definition) is 2. The van der Waals surface area contributed by atoms with Crippen LogP contribution < -0.4 is 10.6 Å². The molecule has 0 saturated carbocycles. The van der Waals surface area contributed by atoms with Crippen molar-refractivity contribution in [2.75, 3.05) is 5.32 Å². The molecule has 1 amide bonds. The van der Waals surface area contributed by atoms with Crippen LogP contribution in [0.5, 0.6) is 0 Å². The maximum atomic E-state index is 11.8. The third kappa shape index (κ3) is 3.41. The number of anilines is 1. The third-order valence-corrected chi connectivity index (χ3v) is 3.31. The van der Waals surface area contributed by atoms with Gasteiger partial charge in [0.2, 0.25) is 5.91 Å². The summed E-state index contributed by atoms with van der Waals surface area (Å²) in [6.45, 7) is 4.28. The molecule has 0 aliphatic carbocycles. The lowest BCUT2D eigenvalue weighted by Crippen LogP contribution is -2.37. The fourth-order valence-corrected chi connectivity index (χ4v) is 2.08. The van der Waals surface area contributed by atoms with Gasteiger partial charge in [0.05, 0.1) is 6.04 Å². The van der Waals surface area contributed by atoms with Crippen molar-refractivity contribution in [3.05, 3.63) is 34.2 Å². The molecule has 18 heavy (non-hydrogen) atoms. The molecule has 1 atom stereocenters. The summed E-state index contributed by atoms with van der Waals surface area (Å²) in [5.41, 5.74) is 0. The number of carbonyl (C=O) groups is 1. The Morgan fingerprint density at radius 2 is 2.44 bits per heavy atom. The molecule has 0 unspecified atom stereocenters. The van der Waals surface area contributed by atoms with Crippen LogP contribution in [0.3, 0.4) is 0 Å². The Bertz CT molecular complexity index is 507. The number of rotatable bonds is 5. The zero-order valence-electron chi connectivity index (χ0n) is 10.3. The van der Waals surface area contributed by atoms with Gasteiger partial charge in [0.1, 0.15) is 5.76 Å². The van der Waals surface area contributed by atoms with Crippen LogP contribution in [0.1, 0.15) is 17.6 Å². The van der Waals surface area contributed by atoms with E-state index >= 15 is 0 Å². The van der Waals surface area contributed by atoms with Crippen molar-refractivity contribution in [1.29, 1.82) is 0 Å². The van der Waals surface area contributed by atoms with E-state index in [-0.39, 0.29) is 11.9 Å². The molecule has 2 rings (SSSR count). The summed E-state index contributed by atoms with van der Waals surface area (Å²) in [5.74, 6) is 0.992. The van der Waals surface area contributed by atoms with Gasteiger partial charge in [-0.3, -0.25) is 4.79 Å². The van der Waals surface area contributed by atoms with E-state index in [2.05, 4.69) is 15.8 Å². The lowest BCUT2D eigenvalue weighted by Gasteiger charge is -2.11. The summed E-state index contributed by atoms with van der Waals surface area (Å²) in [6.07, 6.45) is 0. The highest BCUT2D eigenvalue weighted by Gasteiger charge is 2.14. The van der Waals surface area contributed by atoms with E-state index in [0.29, 0.717) is 18.1 Å². The predicted octanol–water partition coefficient (Wildman–Crippen LogP) is 2.16. The number of hydrogen-bond acceptors (Lipinski definition) is 5. The summed E-state index contributed by atoms with van der Waals surface area (Å²) >= 11 is 1.66. The minimum absolute atomic E-state index is 0.125. The van der Waals surface area contributed by atoms with Crippen LogP contribution in [0.4, 0.5) is 5.82 Å². The second-order valence-corrected chi connectivity index (χ2v) is 5.03. The minimum Gasteiger partial charge on any atom is -0.360 e. The molecule has 0 radical (unpaired) electrons. The normalized spacial score (nSPS) is 12.3. The van der Waals surface area contributed by atoms with Crippen LogP contribution in [0.25, 0.3) is 0 Å². The number of thiophene rings is 1. The summed E-state index contributed by atoms with van der Waals surface area (Å²) in [4.78, 5) is 13.0. The molecule has 5 nitrogen and oxygen atoms in total. The van der Waals surface area contributed by atoms with Gasteiger partial charge in [-0.25, -0.2) is 0 Å². The van der Waals surface area contributed by atoms with Gasteiger partial charge in [-0.15, -0.1) is 11.3 Å². The number of nitrogens with one attached hydrogen (secondary N) is 2. The molecule has 0 saturated heterocycles. The van der Waals surface area contributed by atoms with Crippen LogP contribution in [0, 0.1) is 6.92 Å². The molecular weight excluding hydrogens is 250 g/mol. The van der Waals surface area contributed by atoms with Crippen LogP contribution in [-0.2, 0) is 11.3 Å². The first-order chi connectivity index (χ1) is 8.65. The fourth-order valence-electron chi connectivity index (χ4n) is 1.42. The van der Waals surface area contributed by atoms with E-state index in [4.69, 9.17) is 4.52 Å². The Kier molecular flexibility index (Phi) is 4.11. The Balaban J connectivity index is 1.81. The first-order valence-corrected chi connectivity index (χ1v) is 6.53. The van der Waals surface area contributed by atoms with Crippen molar-refractivity contribution < 1.29 is 9.32 Å². The Morgan fingerprint density at radius 1 is 1.61 bits per heavy atom. The number of nitrogens with zero attached hydrogens (tertiary/aromatic N) is 1. The molecule has 2 N–H and O–H groups in total. The first kappa shape index (κ1) is 12.8. The maximum absolute atomic E-state index is 11.8. The van der Waals surface area contributed by atoms with Crippen molar-refractivity contribution in [3.63, 3.8) is 0 Å². The van der Waals surface area contributed by atoms with Gasteiger partial charge in [-0.2, -0.15) is 0 Å². The van der Waals surface area contributed by atoms with Crippen molar-refractivity contribution in [2.24, 2.45) is 0 Å². The van der Waals surface area contributed by atoms with E-state index in [9.17, 15) is 4.79 Å². The lowest BCUT2D eigenvalue weighted by molar-refractivity contribution is -0.117. The molecule has 96 valence electrons. The topological polar surface area (TPSA) is 67.2 Å². The summed E-state index contributed by atoms with van der Waals surface area (Å²) in [6, 6.07) is 5.42. The van der Waals surface area contributed by atoms with Gasteiger partial charge < -0.3 is 15.2 Å². The smallest absolute Gasteiger partial charge is 0.242 e. The number of aryl methyl sites for hydroxylation is 1. The van der Waals surface area contributed by atoms with Gasteiger partial charge in [-0.05, 0) is 25.3 Å². The molecule has 2 aromatic rings. The molecule has 0 bridgehead atoms. The second-order valence-electron chi connectivity index (χ2n) is 3.99. The van der Waals surface area contributed by atoms with E-state index < -0.39 is 0 Å². The van der Waals surface area contributed by atoms with E-state index in [1.54, 1.807) is 24.3 Å². The van der Waals surface area contributed by atoms with Gasteiger partial charge in [0, 0.05) is 17.5 Å². The SMILES string of the molecule is Cc1cc(NC(=O)[C@H](C)NCc2cccs2)no1. The van der Waals surface area contributed by atoms with Gasteiger partial charge in [-0.1, -0.05) is 11.2 Å². The average molecular weight is 265 g/mol. The quantitative estimate of drug-likeness (QED) is 0.869. The molecule has 0 aromatic carbocycles. The predicted molar refractivity (Wildman–Crippen MR) is 70.5 cm³/mol. The van der Waals surface area contributed by atoms with Crippen molar-refractivity contribution in [2.45, 2.75) is 26.4 Å². The average Bonchev–Trinajstić information content (AvgIpc) is 2.97. The molecule has 0 aliphatic heterocycles. The van der Waals surface area contributed by atoms with Crippen LogP contribution in [0.2, 0.25) is 0 Å². The Hall–Kier alpha value is -1.66. The number of aromatic nitrogens is 1. The number of amides is 1. The third-order valence-electron chi connectivity index (χ3n) is 2.44. The summed E-state index contributed by atoms with van der Waals surface area (Å²) < 4.78 is 4.88. The van der Waals surface area contributed by atoms with Crippen LogP contribution in [-0.4, -0.2) is 17.1 Å². The highest BCUT2D eigenvalue weighted by atomic mass is 32.1. The molecule has 6 heteroatoms. The van der Waals surface area contributed by atoms with Crippen molar-refractivity contribution >= 4 is 23.1 Å². The molecule has 2 heterocycles. The van der Waals surface area contributed by atoms with Gasteiger partial charge in [0.15, 0.2) is 5.82 Å². The Labute approximate surface area is 109 Å². The maximum Gasteiger partial charge on any atom is 0.242 e. The van der Waals surface area contributed by atoms with E-state index in [1.807, 2.05) is 24.4 Å². The molecule has 2 aromatic heterocycles. The van der Waals surface area contributed by atoms with Gasteiger partial charge in [0.25, 0.3) is 0 Å². The summed E-state index contributed by atoms with van der Waals surface area (Å²) in [5, 5.41) is 11.6. The standard InChI is InChI=1S/C12H15N3O2S/c1-8-6-11(15-17-8)14-12(16)9(2)13-7-10-4-3-5-18-10/h3-6,9,13H,7H2,1-2H3,(H,14,15,16)/t9-/m0/s1. The largest absolute Gasteiger partial charge is 0.360 e. The fraction of sp³-hybridized carbons (Fsp3) is 0.333. The van der Waals surface area contributed by atoms with Crippen LogP contribution >= 0.6 is 11.3 Å². The van der Waals surface area contributed by atoms with E-state index in [1.165, 1.54) is 4.88 Å². The molecule has 0 aliphatic rings. The molecule has 0 spiro atoms. The monoisotopic (exact) mass is 265 g/mol. The zero-order valence-corrected chi connectivity index (χ0v) is 11.1. The van der Waals surface area contributed by atoms with Crippen molar-refractivity contribution in [3.8, 4) is 0 Å². The minimum atomic E-state index is -0.288. The van der Waals surface area contributed by atoms with E-state index in [0.717, 1.165) is 0 Å². The van der Waals surface area contributed by atoms with Crippen LogP contribution in [0.15, 0.2) is 28.1 Å².